The van der Waals surface area contributed by atoms with Gasteiger partial charge in [0.05, 0.1) is 5.52 Å². The van der Waals surface area contributed by atoms with Crippen LogP contribution in [-0.4, -0.2) is 52.2 Å². The highest BCUT2D eigenvalue weighted by Crippen LogP contribution is 2.22. The van der Waals surface area contributed by atoms with Crippen molar-refractivity contribution in [3.8, 4) is 0 Å². The molecule has 6 heteroatoms. The van der Waals surface area contributed by atoms with Crippen molar-refractivity contribution in [2.75, 3.05) is 37.6 Å². The molecule has 0 unspecified atom stereocenters. The molecule has 0 atom stereocenters. The predicted molar refractivity (Wildman–Crippen MR) is 116 cm³/mol. The smallest absolute Gasteiger partial charge is 0.258 e. The molecule has 1 aliphatic rings. The highest BCUT2D eigenvalue weighted by Gasteiger charge is 2.19. The van der Waals surface area contributed by atoms with Crippen molar-refractivity contribution in [1.29, 1.82) is 0 Å². The maximum Gasteiger partial charge on any atom is 0.258 e. The van der Waals surface area contributed by atoms with E-state index in [-0.39, 0.29) is 5.56 Å². The Bertz CT molecular complexity index is 1200. The average molecular weight is 385 g/mol. The van der Waals surface area contributed by atoms with Crippen LogP contribution in [0.15, 0.2) is 71.8 Å². The summed E-state index contributed by atoms with van der Waals surface area (Å²) in [5.74, 6) is 0.795. The molecule has 29 heavy (non-hydrogen) atoms. The highest BCUT2D eigenvalue weighted by atomic mass is 16.1. The second-order valence-corrected chi connectivity index (χ2v) is 7.40. The molecule has 0 bridgehead atoms. The minimum absolute atomic E-state index is 0.0932. The van der Waals surface area contributed by atoms with E-state index >= 15 is 0 Å². The van der Waals surface area contributed by atoms with Crippen LogP contribution in [0.1, 0.15) is 0 Å². The largest absolute Gasteiger partial charge is 0.338 e. The van der Waals surface area contributed by atoms with E-state index in [0.717, 1.165) is 60.3 Å². The number of pyridine rings is 1. The van der Waals surface area contributed by atoms with Gasteiger partial charge < -0.3 is 9.47 Å². The van der Waals surface area contributed by atoms with E-state index < -0.39 is 0 Å². The summed E-state index contributed by atoms with van der Waals surface area (Å²) in [4.78, 5) is 26.5. The maximum atomic E-state index is 13.2. The fourth-order valence-electron chi connectivity index (χ4n) is 4.19. The van der Waals surface area contributed by atoms with Gasteiger partial charge in [-0.3, -0.25) is 9.69 Å². The summed E-state index contributed by atoms with van der Waals surface area (Å²) >= 11 is 0. The van der Waals surface area contributed by atoms with E-state index in [2.05, 4.69) is 25.8 Å². The lowest BCUT2D eigenvalue weighted by Crippen LogP contribution is -2.48. The van der Waals surface area contributed by atoms with E-state index in [1.165, 1.54) is 0 Å². The molecule has 146 valence electrons. The first-order valence-corrected chi connectivity index (χ1v) is 10.1. The summed E-state index contributed by atoms with van der Waals surface area (Å²) in [5.41, 5.74) is 1.10. The summed E-state index contributed by atoms with van der Waals surface area (Å²) in [7, 11) is 0. The van der Waals surface area contributed by atoms with Gasteiger partial charge in [-0.15, -0.1) is 0 Å². The SMILES string of the molecule is O=c1c2ccccc2c2ccccc2n1CCN1CCN(c2ncccn2)CC1. The summed E-state index contributed by atoms with van der Waals surface area (Å²) in [6.07, 6.45) is 3.57. The molecular formula is C23H23N5O. The van der Waals surface area contributed by atoms with Crippen LogP contribution in [0.4, 0.5) is 5.95 Å². The third-order valence-corrected chi connectivity index (χ3v) is 5.73. The summed E-state index contributed by atoms with van der Waals surface area (Å²) in [5, 5.41) is 2.95. The Kier molecular flexibility index (Phi) is 4.69. The van der Waals surface area contributed by atoms with Gasteiger partial charge in [0.1, 0.15) is 0 Å². The number of fused-ring (bicyclic) bond motifs is 3. The molecule has 1 aliphatic heterocycles. The number of piperazine rings is 1. The van der Waals surface area contributed by atoms with Gasteiger partial charge in [-0.25, -0.2) is 9.97 Å². The maximum absolute atomic E-state index is 13.2. The van der Waals surface area contributed by atoms with Crippen LogP contribution >= 0.6 is 0 Å². The number of hydrogen-bond donors (Lipinski definition) is 0. The van der Waals surface area contributed by atoms with Gasteiger partial charge in [-0.05, 0) is 23.6 Å². The second kappa shape index (κ2) is 7.64. The molecule has 3 heterocycles. The number of hydrogen-bond acceptors (Lipinski definition) is 5. The van der Waals surface area contributed by atoms with Crippen LogP contribution in [0.25, 0.3) is 21.7 Å². The first-order chi connectivity index (χ1) is 14.3. The van der Waals surface area contributed by atoms with Crippen LogP contribution in [0.5, 0.6) is 0 Å². The fourth-order valence-corrected chi connectivity index (χ4v) is 4.19. The second-order valence-electron chi connectivity index (χ2n) is 7.40. The minimum Gasteiger partial charge on any atom is -0.338 e. The van der Waals surface area contributed by atoms with E-state index in [9.17, 15) is 4.79 Å². The number of anilines is 1. The number of aromatic nitrogens is 3. The molecule has 0 N–H and O–H groups in total. The lowest BCUT2D eigenvalue weighted by molar-refractivity contribution is 0.247. The molecule has 0 radical (unpaired) electrons. The Labute approximate surface area is 169 Å². The van der Waals surface area contributed by atoms with Crippen LogP contribution < -0.4 is 10.5 Å². The normalized spacial score (nSPS) is 15.2. The monoisotopic (exact) mass is 385 g/mol. The van der Waals surface area contributed by atoms with Gasteiger partial charge in [0.25, 0.3) is 5.56 Å². The van der Waals surface area contributed by atoms with Crippen LogP contribution in [0.2, 0.25) is 0 Å². The van der Waals surface area contributed by atoms with Crippen molar-refractivity contribution in [2.45, 2.75) is 6.54 Å². The molecule has 1 saturated heterocycles. The Morgan fingerprint density at radius 2 is 1.38 bits per heavy atom. The van der Waals surface area contributed by atoms with Crippen molar-refractivity contribution >= 4 is 27.6 Å². The van der Waals surface area contributed by atoms with Gasteiger partial charge in [0, 0.05) is 62.4 Å². The summed E-state index contributed by atoms with van der Waals surface area (Å²) in [6.45, 7) is 5.23. The van der Waals surface area contributed by atoms with Gasteiger partial charge in [-0.1, -0.05) is 36.4 Å². The predicted octanol–water partition coefficient (Wildman–Crippen LogP) is 2.77. The van der Waals surface area contributed by atoms with Crippen molar-refractivity contribution < 1.29 is 0 Å². The fraction of sp³-hybridized carbons (Fsp3) is 0.261. The van der Waals surface area contributed by atoms with Crippen LogP contribution in [-0.2, 0) is 6.54 Å². The molecule has 0 saturated carbocycles. The zero-order valence-electron chi connectivity index (χ0n) is 16.2. The summed E-state index contributed by atoms with van der Waals surface area (Å²) < 4.78 is 1.93. The third kappa shape index (κ3) is 3.36. The Morgan fingerprint density at radius 3 is 2.14 bits per heavy atom. The number of rotatable bonds is 4. The Morgan fingerprint density at radius 1 is 0.724 bits per heavy atom. The van der Waals surface area contributed by atoms with Crippen LogP contribution in [0.3, 0.4) is 0 Å². The molecule has 2 aromatic carbocycles. The molecule has 0 amide bonds. The molecule has 4 aromatic rings. The summed E-state index contributed by atoms with van der Waals surface area (Å²) in [6, 6.07) is 17.9. The van der Waals surface area contributed by atoms with E-state index in [4.69, 9.17) is 0 Å². The van der Waals surface area contributed by atoms with E-state index in [1.54, 1.807) is 12.4 Å². The quantitative estimate of drug-likeness (QED) is 0.506. The topological polar surface area (TPSA) is 54.3 Å². The third-order valence-electron chi connectivity index (χ3n) is 5.73. The molecule has 6 nitrogen and oxygen atoms in total. The van der Waals surface area contributed by atoms with Gasteiger partial charge in [-0.2, -0.15) is 0 Å². The lowest BCUT2D eigenvalue weighted by atomic mass is 10.1. The molecule has 1 fully saturated rings. The molecule has 0 spiro atoms. The molecule has 5 rings (SSSR count). The van der Waals surface area contributed by atoms with Crippen molar-refractivity contribution in [1.82, 2.24) is 19.4 Å². The standard InChI is InChI=1S/C23H23N5O/c29-22-20-8-2-1-6-18(20)19-7-3-4-9-21(19)28(22)17-14-26-12-15-27(16-13-26)23-24-10-5-11-25-23/h1-11H,12-17H2. The lowest BCUT2D eigenvalue weighted by Gasteiger charge is -2.34. The first kappa shape index (κ1) is 17.8. The molecule has 2 aromatic heterocycles. The Hall–Kier alpha value is -3.25. The zero-order valence-corrected chi connectivity index (χ0v) is 16.2. The van der Waals surface area contributed by atoms with Crippen LogP contribution in [0, 0.1) is 0 Å². The molecular weight excluding hydrogens is 362 g/mol. The van der Waals surface area contributed by atoms with E-state index in [1.807, 2.05) is 53.1 Å². The number of benzene rings is 2. The average Bonchev–Trinajstić information content (AvgIpc) is 2.80. The van der Waals surface area contributed by atoms with Crippen molar-refractivity contribution in [3.63, 3.8) is 0 Å². The minimum atomic E-state index is 0.0932. The van der Waals surface area contributed by atoms with Gasteiger partial charge in [0.2, 0.25) is 5.95 Å². The highest BCUT2D eigenvalue weighted by molar-refractivity contribution is 6.05. The first-order valence-electron chi connectivity index (χ1n) is 10.1. The van der Waals surface area contributed by atoms with Gasteiger partial charge in [0.15, 0.2) is 0 Å². The number of para-hydroxylation sites is 1. The molecule has 0 aliphatic carbocycles. The van der Waals surface area contributed by atoms with E-state index in [0.29, 0.717) is 6.54 Å². The van der Waals surface area contributed by atoms with Crippen molar-refractivity contribution in [3.05, 3.63) is 77.3 Å². The Balaban J connectivity index is 1.36. The van der Waals surface area contributed by atoms with Crippen molar-refractivity contribution in [2.24, 2.45) is 0 Å². The van der Waals surface area contributed by atoms with Gasteiger partial charge >= 0.3 is 0 Å². The number of nitrogens with zero attached hydrogens (tertiary/aromatic N) is 5. The zero-order chi connectivity index (χ0) is 19.6.